The van der Waals surface area contributed by atoms with Crippen molar-refractivity contribution >= 4 is 35.0 Å². The summed E-state index contributed by atoms with van der Waals surface area (Å²) in [5, 5.41) is 5.96. The number of carbonyl (C=O) groups excluding carboxylic acids is 2. The molecule has 0 atom stereocenters. The smallest absolute Gasteiger partial charge is 0.309 e. The van der Waals surface area contributed by atoms with E-state index in [2.05, 4.69) is 10.6 Å². The van der Waals surface area contributed by atoms with Gasteiger partial charge in [-0.15, -0.1) is 0 Å². The maximum absolute atomic E-state index is 11.4. The molecule has 98 valence electrons. The summed E-state index contributed by atoms with van der Waals surface area (Å²) in [5.41, 5.74) is 0.701. The van der Waals surface area contributed by atoms with Gasteiger partial charge >= 0.3 is 11.8 Å². The first-order chi connectivity index (χ1) is 8.40. The Morgan fingerprint density at radius 1 is 1.22 bits per heavy atom. The molecule has 0 aromatic heterocycles. The molecule has 0 unspecified atom stereocenters. The highest BCUT2D eigenvalue weighted by Gasteiger charge is 2.14. The van der Waals surface area contributed by atoms with Gasteiger partial charge in [0.2, 0.25) is 0 Å². The molecule has 0 aliphatic heterocycles. The van der Waals surface area contributed by atoms with Crippen LogP contribution < -0.4 is 10.6 Å². The van der Waals surface area contributed by atoms with Crippen molar-refractivity contribution in [1.82, 2.24) is 10.6 Å². The molecule has 2 amide bonds. The number of hydrogen-bond donors (Lipinski definition) is 2. The lowest BCUT2D eigenvalue weighted by atomic mass is 10.2. The molecular weight excluding hydrogens is 275 g/mol. The van der Waals surface area contributed by atoms with Crippen molar-refractivity contribution in [2.24, 2.45) is 0 Å². The fraction of sp³-hybridized carbons (Fsp3) is 0.333. The van der Waals surface area contributed by atoms with Crippen molar-refractivity contribution in [1.29, 1.82) is 0 Å². The quantitative estimate of drug-likeness (QED) is 0.837. The second-order valence-electron chi connectivity index (χ2n) is 4.05. The van der Waals surface area contributed by atoms with Crippen LogP contribution in [0.1, 0.15) is 19.4 Å². The topological polar surface area (TPSA) is 58.2 Å². The van der Waals surface area contributed by atoms with Crippen LogP contribution in [0.3, 0.4) is 0 Å². The van der Waals surface area contributed by atoms with E-state index in [4.69, 9.17) is 23.2 Å². The molecule has 0 heterocycles. The van der Waals surface area contributed by atoms with Crippen LogP contribution >= 0.6 is 23.2 Å². The Morgan fingerprint density at radius 2 is 1.89 bits per heavy atom. The summed E-state index contributed by atoms with van der Waals surface area (Å²) in [6.45, 7) is 3.74. The zero-order valence-electron chi connectivity index (χ0n) is 10.1. The minimum absolute atomic E-state index is 0.0811. The molecule has 1 rings (SSSR count). The van der Waals surface area contributed by atoms with Crippen LogP contribution in [-0.2, 0) is 16.1 Å². The molecule has 1 aromatic carbocycles. The SMILES string of the molecule is CC(C)NC(=O)C(=O)NCc1ccc(Cl)cc1Cl. The van der Waals surface area contributed by atoms with E-state index in [0.29, 0.717) is 15.6 Å². The second-order valence-corrected chi connectivity index (χ2v) is 4.89. The van der Waals surface area contributed by atoms with E-state index in [1.807, 2.05) is 0 Å². The molecule has 0 saturated carbocycles. The van der Waals surface area contributed by atoms with Gasteiger partial charge in [0.25, 0.3) is 0 Å². The van der Waals surface area contributed by atoms with Gasteiger partial charge in [-0.2, -0.15) is 0 Å². The molecule has 0 bridgehead atoms. The number of rotatable bonds is 3. The van der Waals surface area contributed by atoms with Crippen molar-refractivity contribution < 1.29 is 9.59 Å². The van der Waals surface area contributed by atoms with Crippen molar-refractivity contribution in [2.75, 3.05) is 0 Å². The summed E-state index contributed by atoms with van der Waals surface area (Å²) >= 11 is 11.7. The highest BCUT2D eigenvalue weighted by Crippen LogP contribution is 2.20. The Balaban J connectivity index is 2.55. The van der Waals surface area contributed by atoms with E-state index in [9.17, 15) is 9.59 Å². The van der Waals surface area contributed by atoms with Gasteiger partial charge in [0.05, 0.1) is 0 Å². The van der Waals surface area contributed by atoms with Crippen LogP contribution in [0.5, 0.6) is 0 Å². The predicted octanol–water partition coefficient (Wildman–Crippen LogP) is 2.13. The first kappa shape index (κ1) is 14.8. The van der Waals surface area contributed by atoms with E-state index >= 15 is 0 Å². The largest absolute Gasteiger partial charge is 0.346 e. The number of hydrogen-bond acceptors (Lipinski definition) is 2. The van der Waals surface area contributed by atoms with Crippen LogP contribution in [0.4, 0.5) is 0 Å². The highest BCUT2D eigenvalue weighted by atomic mass is 35.5. The number of amides is 2. The van der Waals surface area contributed by atoms with E-state index < -0.39 is 11.8 Å². The molecule has 1 aromatic rings. The fourth-order valence-electron chi connectivity index (χ4n) is 1.25. The molecule has 18 heavy (non-hydrogen) atoms. The summed E-state index contributed by atoms with van der Waals surface area (Å²) < 4.78 is 0. The fourth-order valence-corrected chi connectivity index (χ4v) is 1.72. The summed E-state index contributed by atoms with van der Waals surface area (Å²) in [5.74, 6) is -1.34. The molecule has 4 nitrogen and oxygen atoms in total. The maximum atomic E-state index is 11.4. The van der Waals surface area contributed by atoms with E-state index in [1.54, 1.807) is 32.0 Å². The number of nitrogens with one attached hydrogen (secondary N) is 2. The third-order valence-electron chi connectivity index (χ3n) is 2.08. The summed E-state index contributed by atoms with van der Waals surface area (Å²) in [7, 11) is 0. The Labute approximate surface area is 116 Å². The number of halogens is 2. The highest BCUT2D eigenvalue weighted by molar-refractivity contribution is 6.36. The summed E-state index contributed by atoms with van der Waals surface area (Å²) in [6, 6.07) is 4.87. The normalized spacial score (nSPS) is 10.3. The van der Waals surface area contributed by atoms with Gasteiger partial charge < -0.3 is 10.6 Å². The van der Waals surface area contributed by atoms with Gasteiger partial charge in [-0.3, -0.25) is 9.59 Å². The summed E-state index contributed by atoms with van der Waals surface area (Å²) in [6.07, 6.45) is 0. The molecule has 2 N–H and O–H groups in total. The Hall–Kier alpha value is -1.26. The standard InChI is InChI=1S/C12H14Cl2N2O2/c1-7(2)16-12(18)11(17)15-6-8-3-4-9(13)5-10(8)14/h3-5,7H,6H2,1-2H3,(H,15,17)(H,16,18). The van der Waals surface area contributed by atoms with Gasteiger partial charge in [0, 0.05) is 22.6 Å². The van der Waals surface area contributed by atoms with Gasteiger partial charge in [0.15, 0.2) is 0 Å². The molecule has 0 fully saturated rings. The van der Waals surface area contributed by atoms with Crippen molar-refractivity contribution in [3.63, 3.8) is 0 Å². The zero-order chi connectivity index (χ0) is 13.7. The molecule has 0 aliphatic carbocycles. The van der Waals surface area contributed by atoms with Crippen LogP contribution in [-0.4, -0.2) is 17.9 Å². The molecule has 6 heteroatoms. The van der Waals surface area contributed by atoms with Crippen LogP contribution in [0, 0.1) is 0 Å². The average molecular weight is 289 g/mol. The lowest BCUT2D eigenvalue weighted by Gasteiger charge is -2.09. The van der Waals surface area contributed by atoms with Gasteiger partial charge in [-0.05, 0) is 31.5 Å². The lowest BCUT2D eigenvalue weighted by molar-refractivity contribution is -0.139. The first-order valence-corrected chi connectivity index (χ1v) is 6.18. The summed E-state index contributed by atoms with van der Waals surface area (Å²) in [4.78, 5) is 22.8. The van der Waals surface area contributed by atoms with Crippen molar-refractivity contribution in [3.8, 4) is 0 Å². The minimum atomic E-state index is -0.685. The monoisotopic (exact) mass is 288 g/mol. The number of benzene rings is 1. The number of carbonyl (C=O) groups is 2. The van der Waals surface area contributed by atoms with Gasteiger partial charge in [-0.1, -0.05) is 29.3 Å². The first-order valence-electron chi connectivity index (χ1n) is 5.42. The van der Waals surface area contributed by atoms with Crippen LogP contribution in [0.2, 0.25) is 10.0 Å². The Morgan fingerprint density at radius 3 is 2.44 bits per heavy atom. The third kappa shape index (κ3) is 4.55. The molecule has 0 aliphatic rings. The van der Waals surface area contributed by atoms with Crippen LogP contribution in [0.15, 0.2) is 18.2 Å². The predicted molar refractivity (Wildman–Crippen MR) is 71.6 cm³/mol. The van der Waals surface area contributed by atoms with E-state index in [1.165, 1.54) is 0 Å². The van der Waals surface area contributed by atoms with Crippen molar-refractivity contribution in [2.45, 2.75) is 26.4 Å². The average Bonchev–Trinajstić information content (AvgIpc) is 2.26. The Bertz CT molecular complexity index is 461. The van der Waals surface area contributed by atoms with E-state index in [0.717, 1.165) is 0 Å². The molecular formula is C12H14Cl2N2O2. The Kier molecular flexibility index (Phi) is 5.44. The van der Waals surface area contributed by atoms with Crippen LogP contribution in [0.25, 0.3) is 0 Å². The van der Waals surface area contributed by atoms with Gasteiger partial charge in [0.1, 0.15) is 0 Å². The maximum Gasteiger partial charge on any atom is 0.309 e. The van der Waals surface area contributed by atoms with Gasteiger partial charge in [-0.25, -0.2) is 0 Å². The second kappa shape index (κ2) is 6.61. The lowest BCUT2D eigenvalue weighted by Crippen LogP contribution is -2.42. The third-order valence-corrected chi connectivity index (χ3v) is 2.67. The minimum Gasteiger partial charge on any atom is -0.346 e. The molecule has 0 radical (unpaired) electrons. The van der Waals surface area contributed by atoms with E-state index in [-0.39, 0.29) is 12.6 Å². The van der Waals surface area contributed by atoms with Crippen molar-refractivity contribution in [3.05, 3.63) is 33.8 Å². The molecule has 0 spiro atoms. The zero-order valence-corrected chi connectivity index (χ0v) is 11.6. The molecule has 0 saturated heterocycles.